The first-order valence-corrected chi connectivity index (χ1v) is 6.95. The van der Waals surface area contributed by atoms with Crippen LogP contribution in [0.3, 0.4) is 0 Å². The molecule has 4 nitrogen and oxygen atoms in total. The van der Waals surface area contributed by atoms with E-state index in [-0.39, 0.29) is 6.61 Å². The molecule has 0 saturated heterocycles. The van der Waals surface area contributed by atoms with Crippen LogP contribution < -0.4 is 0 Å². The first kappa shape index (κ1) is 12.2. The molecule has 3 aromatic heterocycles. The van der Waals surface area contributed by atoms with Gasteiger partial charge in [-0.15, -0.1) is 0 Å². The van der Waals surface area contributed by atoms with Gasteiger partial charge in [-0.3, -0.25) is 0 Å². The predicted octanol–water partition coefficient (Wildman–Crippen LogP) is 2.83. The van der Waals surface area contributed by atoms with E-state index in [1.165, 1.54) is 0 Å². The van der Waals surface area contributed by atoms with Crippen molar-refractivity contribution in [3.05, 3.63) is 72.3 Å². The van der Waals surface area contributed by atoms with Crippen LogP contribution in [0.15, 0.2) is 61.1 Å². The third-order valence-electron chi connectivity index (χ3n) is 3.82. The Morgan fingerprint density at radius 2 is 1.95 bits per heavy atom. The maximum absolute atomic E-state index is 9.40. The first-order chi connectivity index (χ1) is 10.3. The lowest BCUT2D eigenvalue weighted by Crippen LogP contribution is -1.98. The molecular weight excluding hydrogens is 262 g/mol. The van der Waals surface area contributed by atoms with Gasteiger partial charge in [0.1, 0.15) is 5.65 Å². The number of nitrogens with zero attached hydrogens (tertiary/aromatic N) is 3. The summed E-state index contributed by atoms with van der Waals surface area (Å²) < 4.78 is 4.19. The molecule has 0 unspecified atom stereocenters. The van der Waals surface area contributed by atoms with Crippen molar-refractivity contribution in [3.8, 4) is 0 Å². The lowest BCUT2D eigenvalue weighted by atomic mass is 10.1. The minimum absolute atomic E-state index is 0.0652. The molecule has 0 aliphatic rings. The first-order valence-electron chi connectivity index (χ1n) is 6.95. The van der Waals surface area contributed by atoms with Gasteiger partial charge in [0.15, 0.2) is 0 Å². The summed E-state index contributed by atoms with van der Waals surface area (Å²) in [5, 5.41) is 10.5. The Balaban J connectivity index is 1.77. The van der Waals surface area contributed by atoms with Crippen LogP contribution >= 0.6 is 0 Å². The second-order valence-electron chi connectivity index (χ2n) is 5.15. The summed E-state index contributed by atoms with van der Waals surface area (Å²) in [6.45, 7) is 0.787. The lowest BCUT2D eigenvalue weighted by Gasteiger charge is -2.04. The molecule has 0 amide bonds. The van der Waals surface area contributed by atoms with Gasteiger partial charge in [-0.2, -0.15) is 0 Å². The highest BCUT2D eigenvalue weighted by Gasteiger charge is 2.07. The van der Waals surface area contributed by atoms with Crippen LogP contribution in [0.4, 0.5) is 0 Å². The summed E-state index contributed by atoms with van der Waals surface area (Å²) >= 11 is 0. The van der Waals surface area contributed by atoms with Crippen LogP contribution in [0.5, 0.6) is 0 Å². The SMILES string of the molecule is OCc1cccc2c1ccn2Cc1cn2ccccc2n1. The number of aliphatic hydroxyl groups is 1. The van der Waals surface area contributed by atoms with E-state index >= 15 is 0 Å². The fourth-order valence-corrected chi connectivity index (χ4v) is 2.80. The highest BCUT2D eigenvalue weighted by molar-refractivity contribution is 5.83. The van der Waals surface area contributed by atoms with Crippen molar-refractivity contribution in [3.63, 3.8) is 0 Å². The van der Waals surface area contributed by atoms with Crippen LogP contribution in [0.2, 0.25) is 0 Å². The number of pyridine rings is 1. The van der Waals surface area contributed by atoms with Crippen LogP contribution in [0.25, 0.3) is 16.6 Å². The number of hydrogen-bond donors (Lipinski definition) is 1. The van der Waals surface area contributed by atoms with Crippen molar-refractivity contribution < 1.29 is 5.11 Å². The Kier molecular flexibility index (Phi) is 2.75. The number of rotatable bonds is 3. The van der Waals surface area contributed by atoms with Gasteiger partial charge in [-0.1, -0.05) is 18.2 Å². The summed E-state index contributed by atoms with van der Waals surface area (Å²) in [5.74, 6) is 0. The zero-order valence-electron chi connectivity index (χ0n) is 11.5. The number of aliphatic hydroxyl groups excluding tert-OH is 1. The average molecular weight is 277 g/mol. The summed E-state index contributed by atoms with van der Waals surface area (Å²) in [5.41, 5.74) is 4.06. The molecule has 1 aromatic carbocycles. The minimum Gasteiger partial charge on any atom is -0.392 e. The second kappa shape index (κ2) is 4.75. The van der Waals surface area contributed by atoms with E-state index in [0.29, 0.717) is 0 Å². The molecule has 4 rings (SSSR count). The normalized spacial score (nSPS) is 11.5. The fourth-order valence-electron chi connectivity index (χ4n) is 2.80. The Morgan fingerprint density at radius 3 is 2.81 bits per heavy atom. The summed E-state index contributed by atoms with van der Waals surface area (Å²) in [6.07, 6.45) is 6.11. The summed E-state index contributed by atoms with van der Waals surface area (Å²) in [7, 11) is 0. The topological polar surface area (TPSA) is 42.5 Å². The van der Waals surface area contributed by atoms with E-state index in [4.69, 9.17) is 0 Å². The lowest BCUT2D eigenvalue weighted by molar-refractivity contribution is 0.283. The number of aromatic nitrogens is 3. The third kappa shape index (κ3) is 2.00. The molecule has 0 aliphatic heterocycles. The van der Waals surface area contributed by atoms with Crippen molar-refractivity contribution >= 4 is 16.6 Å². The molecule has 0 spiro atoms. The van der Waals surface area contributed by atoms with Gasteiger partial charge in [0, 0.05) is 29.5 Å². The van der Waals surface area contributed by atoms with E-state index in [1.807, 2.05) is 47.1 Å². The Bertz CT molecular complexity index is 887. The maximum atomic E-state index is 9.40. The molecule has 4 aromatic rings. The molecule has 4 heteroatoms. The molecule has 0 atom stereocenters. The van der Waals surface area contributed by atoms with Gasteiger partial charge in [0.2, 0.25) is 0 Å². The largest absolute Gasteiger partial charge is 0.392 e. The zero-order valence-corrected chi connectivity index (χ0v) is 11.5. The van der Waals surface area contributed by atoms with E-state index in [9.17, 15) is 5.11 Å². The smallest absolute Gasteiger partial charge is 0.137 e. The van der Waals surface area contributed by atoms with Gasteiger partial charge < -0.3 is 14.1 Å². The van der Waals surface area contributed by atoms with E-state index < -0.39 is 0 Å². The number of imidazole rings is 1. The van der Waals surface area contributed by atoms with Crippen molar-refractivity contribution in [1.82, 2.24) is 14.0 Å². The fraction of sp³-hybridized carbons (Fsp3) is 0.118. The minimum atomic E-state index is 0.0652. The molecule has 0 fully saturated rings. The van der Waals surface area contributed by atoms with Gasteiger partial charge in [-0.05, 0) is 29.8 Å². The quantitative estimate of drug-likeness (QED) is 0.625. The van der Waals surface area contributed by atoms with E-state index in [1.54, 1.807) is 0 Å². The Labute approximate surface area is 121 Å². The molecule has 21 heavy (non-hydrogen) atoms. The maximum Gasteiger partial charge on any atom is 0.137 e. The molecule has 0 aliphatic carbocycles. The van der Waals surface area contributed by atoms with E-state index in [2.05, 4.69) is 27.9 Å². The summed E-state index contributed by atoms with van der Waals surface area (Å²) in [6, 6.07) is 14.1. The number of fused-ring (bicyclic) bond motifs is 2. The molecule has 0 saturated carbocycles. The highest BCUT2D eigenvalue weighted by atomic mass is 16.3. The van der Waals surface area contributed by atoms with Crippen molar-refractivity contribution in [1.29, 1.82) is 0 Å². The second-order valence-corrected chi connectivity index (χ2v) is 5.15. The van der Waals surface area contributed by atoms with Gasteiger partial charge in [-0.25, -0.2) is 4.98 Å². The van der Waals surface area contributed by atoms with Crippen LogP contribution in [-0.2, 0) is 13.2 Å². The summed E-state index contributed by atoms with van der Waals surface area (Å²) in [4.78, 5) is 4.63. The van der Waals surface area contributed by atoms with Crippen LogP contribution in [0, 0.1) is 0 Å². The van der Waals surface area contributed by atoms with Gasteiger partial charge >= 0.3 is 0 Å². The van der Waals surface area contributed by atoms with Crippen molar-refractivity contribution in [2.45, 2.75) is 13.2 Å². The molecule has 3 heterocycles. The van der Waals surface area contributed by atoms with E-state index in [0.717, 1.165) is 34.4 Å². The van der Waals surface area contributed by atoms with Crippen LogP contribution in [0.1, 0.15) is 11.3 Å². The third-order valence-corrected chi connectivity index (χ3v) is 3.82. The standard InChI is InChI=1S/C17H15N3O/c21-12-13-4-3-5-16-15(13)7-9-19(16)10-14-11-20-8-2-1-6-17(20)18-14/h1-9,11,21H,10,12H2. The average Bonchev–Trinajstić information content (AvgIpc) is 3.11. The monoisotopic (exact) mass is 277 g/mol. The predicted molar refractivity (Wildman–Crippen MR) is 82.2 cm³/mol. The Hall–Kier alpha value is -2.59. The van der Waals surface area contributed by atoms with Gasteiger partial charge in [0.05, 0.1) is 18.8 Å². The zero-order chi connectivity index (χ0) is 14.2. The highest BCUT2D eigenvalue weighted by Crippen LogP contribution is 2.21. The molecule has 1 N–H and O–H groups in total. The molecule has 104 valence electrons. The van der Waals surface area contributed by atoms with Crippen molar-refractivity contribution in [2.75, 3.05) is 0 Å². The Morgan fingerprint density at radius 1 is 1.00 bits per heavy atom. The number of benzene rings is 1. The van der Waals surface area contributed by atoms with Crippen LogP contribution in [-0.4, -0.2) is 19.1 Å². The molecule has 0 radical (unpaired) electrons. The molecular formula is C17H15N3O. The molecule has 0 bridgehead atoms. The van der Waals surface area contributed by atoms with Gasteiger partial charge in [0.25, 0.3) is 0 Å². The number of hydrogen-bond acceptors (Lipinski definition) is 2. The van der Waals surface area contributed by atoms with Crippen molar-refractivity contribution in [2.24, 2.45) is 0 Å².